The van der Waals surface area contributed by atoms with Crippen LogP contribution in [0.15, 0.2) is 23.1 Å². The second-order valence-corrected chi connectivity index (χ2v) is 11.0. The van der Waals surface area contributed by atoms with Crippen molar-refractivity contribution in [1.29, 1.82) is 0 Å². The number of benzene rings is 1. The van der Waals surface area contributed by atoms with Crippen LogP contribution >= 0.6 is 0 Å². The summed E-state index contributed by atoms with van der Waals surface area (Å²) in [5, 5.41) is 15.1. The van der Waals surface area contributed by atoms with Crippen LogP contribution in [-0.2, 0) is 10.0 Å². The summed E-state index contributed by atoms with van der Waals surface area (Å²) >= 11 is 0. The van der Waals surface area contributed by atoms with Gasteiger partial charge in [0.2, 0.25) is 10.0 Å². The van der Waals surface area contributed by atoms with E-state index >= 15 is 0 Å². The largest absolute Gasteiger partial charge is 0.376 e. The lowest BCUT2D eigenvalue weighted by molar-refractivity contribution is -0.384. The summed E-state index contributed by atoms with van der Waals surface area (Å²) in [6, 6.07) is 4.45. The van der Waals surface area contributed by atoms with Crippen LogP contribution in [0.1, 0.15) is 32.1 Å². The molecule has 4 bridgehead atoms. The number of likely N-dealkylation sites (N-methyl/N-ethyl adjacent to an activating group) is 1. The van der Waals surface area contributed by atoms with Gasteiger partial charge in [0.1, 0.15) is 5.69 Å². The van der Waals surface area contributed by atoms with Gasteiger partial charge in [-0.2, -0.15) is 0 Å². The van der Waals surface area contributed by atoms with E-state index < -0.39 is 14.9 Å². The first kappa shape index (κ1) is 20.6. The third-order valence-corrected chi connectivity index (χ3v) is 8.33. The average Bonchev–Trinajstić information content (AvgIpc) is 2.63. The summed E-state index contributed by atoms with van der Waals surface area (Å²) in [4.78, 5) is 13.0. The number of nitrogens with zero attached hydrogens (tertiary/aromatic N) is 2. The SMILES string of the molecule is CN(C)CCNS(=O)(=O)c1ccc(NC2C3CC4CC(C3)CC2C4)c([N+](=O)[O-])c1. The average molecular weight is 423 g/mol. The molecule has 0 amide bonds. The normalized spacial score (nSPS) is 30.7. The highest BCUT2D eigenvalue weighted by molar-refractivity contribution is 7.89. The van der Waals surface area contributed by atoms with Crippen LogP contribution in [0.2, 0.25) is 0 Å². The molecule has 0 radical (unpaired) electrons. The lowest BCUT2D eigenvalue weighted by atomic mass is 9.54. The van der Waals surface area contributed by atoms with Gasteiger partial charge in [-0.1, -0.05) is 0 Å². The van der Waals surface area contributed by atoms with Gasteiger partial charge in [-0.15, -0.1) is 0 Å². The van der Waals surface area contributed by atoms with Gasteiger partial charge in [-0.25, -0.2) is 13.1 Å². The summed E-state index contributed by atoms with van der Waals surface area (Å²) in [5.41, 5.74) is 0.258. The van der Waals surface area contributed by atoms with Crippen LogP contribution in [0.3, 0.4) is 0 Å². The molecule has 2 N–H and O–H groups in total. The molecule has 160 valence electrons. The summed E-state index contributed by atoms with van der Waals surface area (Å²) < 4.78 is 27.5. The Hall–Kier alpha value is -1.71. The van der Waals surface area contributed by atoms with E-state index in [9.17, 15) is 18.5 Å². The molecule has 0 saturated heterocycles. The van der Waals surface area contributed by atoms with Gasteiger partial charge in [0.15, 0.2) is 0 Å². The maximum absolute atomic E-state index is 12.5. The van der Waals surface area contributed by atoms with Crippen LogP contribution in [-0.4, -0.2) is 51.5 Å². The molecule has 1 aromatic rings. The Morgan fingerprint density at radius 2 is 1.72 bits per heavy atom. The van der Waals surface area contributed by atoms with Crippen molar-refractivity contribution in [2.45, 2.75) is 43.0 Å². The maximum Gasteiger partial charge on any atom is 0.293 e. The van der Waals surface area contributed by atoms with Crippen molar-refractivity contribution in [2.24, 2.45) is 23.7 Å². The number of nitro groups is 1. The fraction of sp³-hybridized carbons (Fsp3) is 0.700. The maximum atomic E-state index is 12.5. The minimum absolute atomic E-state index is 0.0708. The van der Waals surface area contributed by atoms with Crippen molar-refractivity contribution in [2.75, 3.05) is 32.5 Å². The summed E-state index contributed by atoms with van der Waals surface area (Å²) in [5.74, 6) is 2.79. The van der Waals surface area contributed by atoms with Crippen molar-refractivity contribution in [3.05, 3.63) is 28.3 Å². The van der Waals surface area contributed by atoms with Crippen LogP contribution < -0.4 is 10.0 Å². The van der Waals surface area contributed by atoms with Crippen molar-refractivity contribution < 1.29 is 13.3 Å². The van der Waals surface area contributed by atoms with Crippen LogP contribution in [0, 0.1) is 33.8 Å². The zero-order chi connectivity index (χ0) is 20.8. The van der Waals surface area contributed by atoms with E-state index in [1.807, 2.05) is 19.0 Å². The third kappa shape index (κ3) is 4.27. The van der Waals surface area contributed by atoms with Gasteiger partial charge in [-0.3, -0.25) is 10.1 Å². The Bertz CT molecular complexity index is 858. The number of hydrogen-bond acceptors (Lipinski definition) is 6. The van der Waals surface area contributed by atoms with Gasteiger partial charge < -0.3 is 10.2 Å². The summed E-state index contributed by atoms with van der Waals surface area (Å²) in [7, 11) is -0.0854. The van der Waals surface area contributed by atoms with Crippen molar-refractivity contribution in [1.82, 2.24) is 9.62 Å². The number of hydrogen-bond donors (Lipinski definition) is 2. The van der Waals surface area contributed by atoms with E-state index in [2.05, 4.69) is 10.0 Å². The zero-order valence-electron chi connectivity index (χ0n) is 17.0. The first-order chi connectivity index (χ1) is 13.7. The number of nitro benzene ring substituents is 1. The van der Waals surface area contributed by atoms with Crippen molar-refractivity contribution in [3.63, 3.8) is 0 Å². The third-order valence-electron chi connectivity index (χ3n) is 6.88. The van der Waals surface area contributed by atoms with Gasteiger partial charge in [0.05, 0.1) is 9.82 Å². The smallest absolute Gasteiger partial charge is 0.293 e. The Balaban J connectivity index is 1.53. The van der Waals surface area contributed by atoms with Gasteiger partial charge >= 0.3 is 0 Å². The standard InChI is InChI=1S/C20H30N4O4S/c1-23(2)6-5-21-29(27,28)17-3-4-18(19(12-17)24(25)26)22-20-15-8-13-7-14(10-15)11-16(20)9-13/h3-4,12-16,20-22H,5-11H2,1-2H3. The highest BCUT2D eigenvalue weighted by atomic mass is 32.2. The molecule has 4 saturated carbocycles. The molecule has 0 aliphatic heterocycles. The fourth-order valence-electron chi connectivity index (χ4n) is 5.78. The number of rotatable bonds is 8. The second-order valence-electron chi connectivity index (χ2n) is 9.24. The van der Waals surface area contributed by atoms with E-state index in [0.717, 1.165) is 11.8 Å². The topological polar surface area (TPSA) is 105 Å². The second kappa shape index (κ2) is 7.85. The molecule has 4 aliphatic carbocycles. The number of nitrogens with one attached hydrogen (secondary N) is 2. The van der Waals surface area contributed by atoms with Crippen LogP contribution in [0.5, 0.6) is 0 Å². The summed E-state index contributed by atoms with van der Waals surface area (Å²) in [6.07, 6.45) is 6.19. The molecule has 1 aromatic carbocycles. The van der Waals surface area contributed by atoms with Crippen molar-refractivity contribution in [3.8, 4) is 0 Å². The lowest BCUT2D eigenvalue weighted by Gasteiger charge is -2.54. The van der Waals surface area contributed by atoms with E-state index in [1.165, 1.54) is 44.2 Å². The lowest BCUT2D eigenvalue weighted by Crippen LogP contribution is -2.51. The fourth-order valence-corrected chi connectivity index (χ4v) is 6.82. The molecule has 29 heavy (non-hydrogen) atoms. The van der Waals surface area contributed by atoms with Gasteiger partial charge in [0, 0.05) is 25.2 Å². The van der Waals surface area contributed by atoms with E-state index in [1.54, 1.807) is 6.07 Å². The van der Waals surface area contributed by atoms with Crippen molar-refractivity contribution >= 4 is 21.4 Å². The van der Waals surface area contributed by atoms with E-state index in [4.69, 9.17) is 0 Å². The highest BCUT2D eigenvalue weighted by Crippen LogP contribution is 2.54. The van der Waals surface area contributed by atoms with Crippen LogP contribution in [0.25, 0.3) is 0 Å². The number of anilines is 1. The molecule has 9 heteroatoms. The Kier molecular flexibility index (Phi) is 5.56. The summed E-state index contributed by atoms with van der Waals surface area (Å²) in [6.45, 7) is 0.796. The zero-order valence-corrected chi connectivity index (χ0v) is 17.8. The highest BCUT2D eigenvalue weighted by Gasteiger charge is 2.48. The van der Waals surface area contributed by atoms with E-state index in [0.29, 0.717) is 24.1 Å². The first-order valence-electron chi connectivity index (χ1n) is 10.4. The predicted molar refractivity (Wildman–Crippen MR) is 111 cm³/mol. The molecular weight excluding hydrogens is 392 g/mol. The molecule has 0 unspecified atom stereocenters. The van der Waals surface area contributed by atoms with Gasteiger partial charge in [0.25, 0.3) is 5.69 Å². The minimum atomic E-state index is -3.79. The molecular formula is C20H30N4O4S. The molecule has 4 aliphatic rings. The molecule has 4 fully saturated rings. The van der Waals surface area contributed by atoms with Crippen LogP contribution in [0.4, 0.5) is 11.4 Å². The number of sulfonamides is 1. The van der Waals surface area contributed by atoms with E-state index in [-0.39, 0.29) is 23.2 Å². The molecule has 0 aromatic heterocycles. The Morgan fingerprint density at radius 1 is 1.10 bits per heavy atom. The van der Waals surface area contributed by atoms with Gasteiger partial charge in [-0.05, 0) is 82.0 Å². The monoisotopic (exact) mass is 422 g/mol. The predicted octanol–water partition coefficient (Wildman–Crippen LogP) is 2.67. The Morgan fingerprint density at radius 3 is 2.28 bits per heavy atom. The first-order valence-corrected chi connectivity index (χ1v) is 11.9. The molecule has 8 nitrogen and oxygen atoms in total. The Labute approximate surface area is 172 Å². The molecule has 0 atom stereocenters. The molecule has 5 rings (SSSR count). The molecule has 0 heterocycles. The molecule has 0 spiro atoms. The minimum Gasteiger partial charge on any atom is -0.376 e. The quantitative estimate of drug-likeness (QED) is 0.493.